The zero-order chi connectivity index (χ0) is 20.1. The summed E-state index contributed by atoms with van der Waals surface area (Å²) in [7, 11) is 2.49. The van der Waals surface area contributed by atoms with E-state index < -0.39 is 11.9 Å². The molecule has 150 valence electrons. The molecule has 1 fully saturated rings. The van der Waals surface area contributed by atoms with Crippen LogP contribution in [0.1, 0.15) is 29.6 Å². The molecule has 1 saturated heterocycles. The molecule has 0 bridgehead atoms. The fourth-order valence-corrected chi connectivity index (χ4v) is 3.41. The van der Waals surface area contributed by atoms with Gasteiger partial charge < -0.3 is 24.0 Å². The number of rotatable bonds is 4. The van der Waals surface area contributed by atoms with Crippen molar-refractivity contribution in [2.75, 3.05) is 45.5 Å². The maximum absolute atomic E-state index is 12.6. The summed E-state index contributed by atoms with van der Waals surface area (Å²) in [5.74, 6) is -1.31. The Hall–Kier alpha value is -2.87. The number of methoxy groups -OCH3 is 2. The summed E-state index contributed by atoms with van der Waals surface area (Å²) in [6.45, 7) is 1.58. The van der Waals surface area contributed by atoms with Crippen LogP contribution in [0.4, 0.5) is 5.69 Å². The molecule has 0 N–H and O–H groups in total. The van der Waals surface area contributed by atoms with Crippen LogP contribution >= 0.6 is 0 Å². The van der Waals surface area contributed by atoms with Gasteiger partial charge in [0.15, 0.2) is 0 Å². The Labute approximate surface area is 163 Å². The Morgan fingerprint density at radius 3 is 2.18 bits per heavy atom. The molecule has 0 saturated carbocycles. The van der Waals surface area contributed by atoms with Crippen molar-refractivity contribution in [3.63, 3.8) is 0 Å². The van der Waals surface area contributed by atoms with Crippen LogP contribution in [-0.2, 0) is 23.8 Å². The van der Waals surface area contributed by atoms with Gasteiger partial charge in [-0.15, -0.1) is 0 Å². The Balaban J connectivity index is 1.87. The SMILES string of the molecule is COC(=O)C1=C(C(=O)OC)N(c2ccc(C(=O)N3CCCCC3)cc2)COC1. The van der Waals surface area contributed by atoms with Gasteiger partial charge in [0.05, 0.1) is 26.4 Å². The van der Waals surface area contributed by atoms with Gasteiger partial charge in [-0.25, -0.2) is 9.59 Å². The number of benzene rings is 1. The van der Waals surface area contributed by atoms with Crippen LogP contribution in [0.15, 0.2) is 35.5 Å². The minimum atomic E-state index is -0.655. The van der Waals surface area contributed by atoms with Crippen molar-refractivity contribution in [3.8, 4) is 0 Å². The van der Waals surface area contributed by atoms with Gasteiger partial charge in [-0.2, -0.15) is 0 Å². The Morgan fingerprint density at radius 2 is 1.57 bits per heavy atom. The van der Waals surface area contributed by atoms with Gasteiger partial charge in [-0.1, -0.05) is 0 Å². The minimum absolute atomic E-state index is 0.000118. The summed E-state index contributed by atoms with van der Waals surface area (Å²) < 4.78 is 15.1. The molecule has 8 nitrogen and oxygen atoms in total. The molecule has 1 amide bonds. The number of carbonyl (C=O) groups is 3. The predicted molar refractivity (Wildman–Crippen MR) is 101 cm³/mol. The highest BCUT2D eigenvalue weighted by atomic mass is 16.5. The molecule has 0 unspecified atom stereocenters. The third-order valence-electron chi connectivity index (χ3n) is 4.90. The third kappa shape index (κ3) is 4.01. The van der Waals surface area contributed by atoms with Crippen molar-refractivity contribution in [1.29, 1.82) is 0 Å². The van der Waals surface area contributed by atoms with E-state index in [0.29, 0.717) is 11.3 Å². The van der Waals surface area contributed by atoms with Crippen LogP contribution in [-0.4, -0.2) is 63.4 Å². The number of esters is 2. The summed E-state index contributed by atoms with van der Waals surface area (Å²) in [5, 5.41) is 0. The van der Waals surface area contributed by atoms with E-state index in [2.05, 4.69) is 0 Å². The highest BCUT2D eigenvalue weighted by Crippen LogP contribution is 2.27. The van der Waals surface area contributed by atoms with E-state index in [1.807, 2.05) is 4.90 Å². The highest BCUT2D eigenvalue weighted by Gasteiger charge is 2.32. The van der Waals surface area contributed by atoms with Gasteiger partial charge in [0.1, 0.15) is 12.4 Å². The van der Waals surface area contributed by atoms with Crippen LogP contribution in [0, 0.1) is 0 Å². The summed E-state index contributed by atoms with van der Waals surface area (Å²) in [5.41, 5.74) is 1.36. The molecular formula is C20H24N2O6. The number of ether oxygens (including phenoxy) is 3. The van der Waals surface area contributed by atoms with Crippen molar-refractivity contribution >= 4 is 23.5 Å². The third-order valence-corrected chi connectivity index (χ3v) is 4.90. The molecule has 3 rings (SSSR count). The molecule has 0 spiro atoms. The first-order valence-corrected chi connectivity index (χ1v) is 9.21. The molecule has 1 aromatic carbocycles. The van der Waals surface area contributed by atoms with Crippen molar-refractivity contribution in [2.45, 2.75) is 19.3 Å². The quantitative estimate of drug-likeness (QED) is 0.726. The summed E-state index contributed by atoms with van der Waals surface area (Å²) in [6, 6.07) is 6.88. The van der Waals surface area contributed by atoms with E-state index in [1.165, 1.54) is 19.1 Å². The number of anilines is 1. The van der Waals surface area contributed by atoms with Crippen LogP contribution in [0.5, 0.6) is 0 Å². The first-order valence-electron chi connectivity index (χ1n) is 9.21. The Kier molecular flexibility index (Phi) is 6.30. The van der Waals surface area contributed by atoms with Gasteiger partial charge in [0.2, 0.25) is 0 Å². The number of likely N-dealkylation sites (tertiary alicyclic amines) is 1. The van der Waals surface area contributed by atoms with Crippen molar-refractivity contribution < 1.29 is 28.6 Å². The molecule has 28 heavy (non-hydrogen) atoms. The standard InChI is InChI=1S/C20H24N2O6/c1-26-19(24)16-12-28-13-22(17(16)20(25)27-2)15-8-6-14(7-9-15)18(23)21-10-4-3-5-11-21/h6-9H,3-5,10-13H2,1-2H3. The van der Waals surface area contributed by atoms with Gasteiger partial charge in [0, 0.05) is 24.3 Å². The number of amides is 1. The molecule has 0 radical (unpaired) electrons. The Bertz CT molecular complexity index is 780. The zero-order valence-electron chi connectivity index (χ0n) is 16.1. The topological polar surface area (TPSA) is 85.4 Å². The second kappa shape index (κ2) is 8.88. The number of hydrogen-bond donors (Lipinski definition) is 0. The molecule has 2 aliphatic heterocycles. The number of hydrogen-bond acceptors (Lipinski definition) is 7. The summed E-state index contributed by atoms with van der Waals surface area (Å²) >= 11 is 0. The number of carbonyl (C=O) groups excluding carboxylic acids is 3. The molecule has 2 heterocycles. The smallest absolute Gasteiger partial charge is 0.355 e. The van der Waals surface area contributed by atoms with Crippen LogP contribution < -0.4 is 4.90 Å². The van der Waals surface area contributed by atoms with E-state index in [0.717, 1.165) is 32.4 Å². The Morgan fingerprint density at radius 1 is 0.929 bits per heavy atom. The summed E-state index contributed by atoms with van der Waals surface area (Å²) in [6.07, 6.45) is 3.21. The van der Waals surface area contributed by atoms with Crippen LogP contribution in [0.3, 0.4) is 0 Å². The van der Waals surface area contributed by atoms with Gasteiger partial charge in [0.25, 0.3) is 5.91 Å². The van der Waals surface area contributed by atoms with Gasteiger partial charge in [-0.3, -0.25) is 4.79 Å². The van der Waals surface area contributed by atoms with Crippen LogP contribution in [0.2, 0.25) is 0 Å². The van der Waals surface area contributed by atoms with Gasteiger partial charge >= 0.3 is 11.9 Å². The number of nitrogens with zero attached hydrogens (tertiary/aromatic N) is 2. The summed E-state index contributed by atoms with van der Waals surface area (Å²) in [4.78, 5) is 40.4. The average Bonchev–Trinajstić information content (AvgIpc) is 2.77. The second-order valence-electron chi connectivity index (χ2n) is 6.62. The lowest BCUT2D eigenvalue weighted by molar-refractivity contribution is -0.140. The molecule has 0 aromatic heterocycles. The maximum atomic E-state index is 12.6. The lowest BCUT2D eigenvalue weighted by Crippen LogP contribution is -2.39. The normalized spacial score (nSPS) is 17.4. The predicted octanol–water partition coefficient (Wildman–Crippen LogP) is 1.71. The lowest BCUT2D eigenvalue weighted by Gasteiger charge is -2.31. The first-order chi connectivity index (χ1) is 13.6. The van der Waals surface area contributed by atoms with Crippen molar-refractivity contribution in [2.24, 2.45) is 0 Å². The van der Waals surface area contributed by atoms with E-state index in [9.17, 15) is 14.4 Å². The zero-order valence-corrected chi connectivity index (χ0v) is 16.1. The first kappa shape index (κ1) is 19.9. The van der Waals surface area contributed by atoms with Crippen molar-refractivity contribution in [3.05, 3.63) is 41.1 Å². The minimum Gasteiger partial charge on any atom is -0.466 e. The van der Waals surface area contributed by atoms with Crippen molar-refractivity contribution in [1.82, 2.24) is 4.90 Å². The van der Waals surface area contributed by atoms with Gasteiger partial charge in [-0.05, 0) is 43.5 Å². The van der Waals surface area contributed by atoms with E-state index in [4.69, 9.17) is 14.2 Å². The maximum Gasteiger partial charge on any atom is 0.355 e. The monoisotopic (exact) mass is 388 g/mol. The van der Waals surface area contributed by atoms with Crippen LogP contribution in [0.25, 0.3) is 0 Å². The van der Waals surface area contributed by atoms with E-state index in [1.54, 1.807) is 24.3 Å². The average molecular weight is 388 g/mol. The second-order valence-corrected chi connectivity index (χ2v) is 6.62. The number of piperidine rings is 1. The lowest BCUT2D eigenvalue weighted by atomic mass is 10.1. The molecule has 1 aromatic rings. The highest BCUT2D eigenvalue weighted by molar-refractivity contribution is 6.03. The van der Waals surface area contributed by atoms with E-state index in [-0.39, 0.29) is 30.5 Å². The fraction of sp³-hybridized carbons (Fsp3) is 0.450. The molecule has 2 aliphatic rings. The molecule has 8 heteroatoms. The largest absolute Gasteiger partial charge is 0.466 e. The van der Waals surface area contributed by atoms with E-state index >= 15 is 0 Å². The fourth-order valence-electron chi connectivity index (χ4n) is 3.41. The molecule has 0 aliphatic carbocycles. The molecule has 0 atom stereocenters. The molecular weight excluding hydrogens is 364 g/mol.